The molecule has 0 saturated carbocycles. The first-order valence-electron chi connectivity index (χ1n) is 8.83. The van der Waals surface area contributed by atoms with Gasteiger partial charge >= 0.3 is 0 Å². The first-order chi connectivity index (χ1) is 14.2. The molecular weight excluding hydrogens is 433 g/mol. The normalized spacial score (nSPS) is 11.3. The third-order valence-electron chi connectivity index (χ3n) is 3.92. The lowest BCUT2D eigenvalue weighted by Crippen LogP contribution is -2.10. The molecule has 0 aliphatic heterocycles. The summed E-state index contributed by atoms with van der Waals surface area (Å²) >= 11 is 5.98. The van der Waals surface area contributed by atoms with Crippen LogP contribution in [0, 0.1) is 5.82 Å². The minimum absolute atomic E-state index is 0.0180. The van der Waals surface area contributed by atoms with Gasteiger partial charge in [-0.15, -0.1) is 10.2 Å². The number of benzene rings is 1. The van der Waals surface area contributed by atoms with Crippen molar-refractivity contribution in [1.29, 1.82) is 0 Å². The number of pyridine rings is 1. The molecule has 8 nitrogen and oxygen atoms in total. The first kappa shape index (κ1) is 21.7. The molecule has 0 unspecified atom stereocenters. The van der Waals surface area contributed by atoms with Gasteiger partial charge in [-0.25, -0.2) is 17.8 Å². The molecule has 1 aromatic carbocycles. The van der Waals surface area contributed by atoms with Crippen LogP contribution < -0.4 is 15.8 Å². The molecule has 158 valence electrons. The summed E-state index contributed by atoms with van der Waals surface area (Å²) in [6.07, 6.45) is 2.96. The van der Waals surface area contributed by atoms with E-state index in [0.29, 0.717) is 22.2 Å². The fourth-order valence-corrected chi connectivity index (χ4v) is 3.39. The van der Waals surface area contributed by atoms with E-state index in [4.69, 9.17) is 22.1 Å². The number of anilines is 3. The van der Waals surface area contributed by atoms with Crippen LogP contribution in [-0.2, 0) is 9.84 Å². The molecule has 30 heavy (non-hydrogen) atoms. The SMILES string of the molecule is CS(=O)(=O)CCCOc1nnc(-c2cc(Cl)ccc2F)cc1Nc1ccnc(N)c1. The number of ether oxygens (including phenoxy) is 1. The van der Waals surface area contributed by atoms with Gasteiger partial charge in [0.05, 0.1) is 18.1 Å². The second kappa shape index (κ2) is 9.23. The van der Waals surface area contributed by atoms with Gasteiger partial charge in [0.25, 0.3) is 5.88 Å². The number of hydrogen-bond acceptors (Lipinski definition) is 8. The molecule has 0 aliphatic rings. The molecule has 0 bridgehead atoms. The molecule has 11 heteroatoms. The van der Waals surface area contributed by atoms with Crippen LogP contribution in [-0.4, -0.2) is 42.2 Å². The van der Waals surface area contributed by atoms with Crippen molar-refractivity contribution in [2.24, 2.45) is 0 Å². The molecule has 3 N–H and O–H groups in total. The third kappa shape index (κ3) is 6.01. The standard InChI is InChI=1S/C19H19ClFN5O3S/c1-30(27,28)8-2-7-29-19-17(24-13-5-6-23-18(22)10-13)11-16(25-26-19)14-9-12(20)3-4-15(14)21/h3-6,9-11H,2,7-8H2,1H3,(H3,22,23,24,25). The smallest absolute Gasteiger partial charge is 0.257 e. The quantitative estimate of drug-likeness (QED) is 0.499. The highest BCUT2D eigenvalue weighted by Gasteiger charge is 2.14. The molecule has 0 saturated heterocycles. The van der Waals surface area contributed by atoms with E-state index in [1.165, 1.54) is 24.4 Å². The third-order valence-corrected chi connectivity index (χ3v) is 5.19. The van der Waals surface area contributed by atoms with Crippen LogP contribution in [0.2, 0.25) is 5.02 Å². The van der Waals surface area contributed by atoms with Crippen molar-refractivity contribution in [3.8, 4) is 17.1 Å². The van der Waals surface area contributed by atoms with E-state index >= 15 is 0 Å². The van der Waals surface area contributed by atoms with Gasteiger partial charge in [-0.05, 0) is 36.8 Å². The van der Waals surface area contributed by atoms with Crippen LogP contribution in [0.1, 0.15) is 6.42 Å². The van der Waals surface area contributed by atoms with Crippen LogP contribution in [0.5, 0.6) is 5.88 Å². The number of halogens is 2. The largest absolute Gasteiger partial charge is 0.475 e. The van der Waals surface area contributed by atoms with Crippen molar-refractivity contribution < 1.29 is 17.5 Å². The van der Waals surface area contributed by atoms with Crippen molar-refractivity contribution in [2.75, 3.05) is 29.7 Å². The Hall–Kier alpha value is -2.98. The topological polar surface area (TPSA) is 120 Å². The first-order valence-corrected chi connectivity index (χ1v) is 11.3. The molecule has 3 rings (SSSR count). The molecule has 0 aliphatic carbocycles. The Morgan fingerprint density at radius 1 is 1.20 bits per heavy atom. The number of nitrogens with zero attached hydrogens (tertiary/aromatic N) is 3. The molecule has 0 radical (unpaired) electrons. The van der Waals surface area contributed by atoms with E-state index in [1.54, 1.807) is 18.2 Å². The Morgan fingerprint density at radius 2 is 2.00 bits per heavy atom. The number of hydrogen-bond donors (Lipinski definition) is 2. The summed E-state index contributed by atoms with van der Waals surface area (Å²) in [5.41, 5.74) is 7.13. The lowest BCUT2D eigenvalue weighted by atomic mass is 10.1. The summed E-state index contributed by atoms with van der Waals surface area (Å²) in [6.45, 7) is 0.111. The number of rotatable bonds is 8. The maximum absolute atomic E-state index is 14.3. The minimum atomic E-state index is -3.10. The van der Waals surface area contributed by atoms with Crippen molar-refractivity contribution in [2.45, 2.75) is 6.42 Å². The Labute approximate surface area is 178 Å². The zero-order chi connectivity index (χ0) is 21.7. The zero-order valence-electron chi connectivity index (χ0n) is 16.0. The van der Waals surface area contributed by atoms with E-state index in [2.05, 4.69) is 20.5 Å². The van der Waals surface area contributed by atoms with E-state index in [0.717, 1.165) is 6.26 Å². The number of nitrogens with two attached hydrogens (primary N) is 1. The zero-order valence-corrected chi connectivity index (χ0v) is 17.5. The Balaban J connectivity index is 1.91. The van der Waals surface area contributed by atoms with Gasteiger partial charge in [-0.3, -0.25) is 0 Å². The predicted octanol–water partition coefficient (Wildman–Crippen LogP) is 3.47. The van der Waals surface area contributed by atoms with Gasteiger partial charge < -0.3 is 15.8 Å². The molecule has 2 aromatic heterocycles. The minimum Gasteiger partial charge on any atom is -0.475 e. The summed E-state index contributed by atoms with van der Waals surface area (Å²) in [7, 11) is -3.10. The van der Waals surface area contributed by atoms with E-state index in [-0.39, 0.29) is 35.9 Å². The van der Waals surface area contributed by atoms with Crippen molar-refractivity contribution in [3.63, 3.8) is 0 Å². The van der Waals surface area contributed by atoms with E-state index in [9.17, 15) is 12.8 Å². The highest BCUT2D eigenvalue weighted by molar-refractivity contribution is 7.90. The Morgan fingerprint density at radius 3 is 2.73 bits per heavy atom. The Kier molecular flexibility index (Phi) is 6.68. The summed E-state index contributed by atoms with van der Waals surface area (Å²) in [4.78, 5) is 3.93. The molecule has 0 amide bonds. The predicted molar refractivity (Wildman–Crippen MR) is 114 cm³/mol. The summed E-state index contributed by atoms with van der Waals surface area (Å²) in [5.74, 6) is -0.0889. The fourth-order valence-electron chi connectivity index (χ4n) is 2.57. The summed E-state index contributed by atoms with van der Waals surface area (Å²) in [6, 6.07) is 8.97. The van der Waals surface area contributed by atoms with Gasteiger partial charge in [0.1, 0.15) is 27.2 Å². The Bertz CT molecular complexity index is 1160. The average Bonchev–Trinajstić information content (AvgIpc) is 2.67. The molecule has 3 aromatic rings. The number of nitrogen functional groups attached to an aromatic ring is 1. The lowest BCUT2D eigenvalue weighted by molar-refractivity contribution is 0.304. The second-order valence-corrected chi connectivity index (χ2v) is 9.20. The van der Waals surface area contributed by atoms with Crippen LogP contribution in [0.3, 0.4) is 0 Å². The molecule has 0 spiro atoms. The van der Waals surface area contributed by atoms with Gasteiger partial charge in [0.15, 0.2) is 0 Å². The highest BCUT2D eigenvalue weighted by Crippen LogP contribution is 2.31. The number of sulfone groups is 1. The molecule has 2 heterocycles. The lowest BCUT2D eigenvalue weighted by Gasteiger charge is -2.13. The maximum atomic E-state index is 14.3. The molecular formula is C19H19ClFN5O3S. The van der Waals surface area contributed by atoms with Gasteiger partial charge in [0.2, 0.25) is 0 Å². The maximum Gasteiger partial charge on any atom is 0.257 e. The van der Waals surface area contributed by atoms with Gasteiger partial charge in [-0.1, -0.05) is 11.6 Å². The van der Waals surface area contributed by atoms with Crippen LogP contribution in [0.25, 0.3) is 11.3 Å². The number of aromatic nitrogens is 3. The van der Waals surface area contributed by atoms with Crippen molar-refractivity contribution in [3.05, 3.63) is 53.4 Å². The van der Waals surface area contributed by atoms with E-state index in [1.807, 2.05) is 0 Å². The average molecular weight is 452 g/mol. The van der Waals surface area contributed by atoms with Gasteiger partial charge in [0, 0.05) is 34.8 Å². The van der Waals surface area contributed by atoms with Crippen LogP contribution in [0.15, 0.2) is 42.6 Å². The molecule has 0 atom stereocenters. The van der Waals surface area contributed by atoms with Crippen LogP contribution >= 0.6 is 11.6 Å². The monoisotopic (exact) mass is 451 g/mol. The van der Waals surface area contributed by atoms with Crippen molar-refractivity contribution >= 4 is 38.6 Å². The summed E-state index contributed by atoms with van der Waals surface area (Å²) < 4.78 is 42.4. The second-order valence-electron chi connectivity index (χ2n) is 6.50. The fraction of sp³-hybridized carbons (Fsp3) is 0.211. The van der Waals surface area contributed by atoms with Crippen molar-refractivity contribution in [1.82, 2.24) is 15.2 Å². The van der Waals surface area contributed by atoms with E-state index < -0.39 is 15.7 Å². The summed E-state index contributed by atoms with van der Waals surface area (Å²) in [5, 5.41) is 11.5. The van der Waals surface area contributed by atoms with Gasteiger partial charge in [-0.2, -0.15) is 0 Å². The molecule has 0 fully saturated rings. The van der Waals surface area contributed by atoms with Crippen LogP contribution in [0.4, 0.5) is 21.6 Å². The highest BCUT2D eigenvalue weighted by atomic mass is 35.5. The number of nitrogens with one attached hydrogen (secondary N) is 1.